The number of benzene rings is 2. The van der Waals surface area contributed by atoms with Crippen LogP contribution in [0.1, 0.15) is 113 Å². The van der Waals surface area contributed by atoms with Crippen molar-refractivity contribution in [2.45, 2.75) is 115 Å². The molecule has 5 rings (SSSR count). The third kappa shape index (κ3) is 9.81. The fourth-order valence-corrected chi connectivity index (χ4v) is 9.44. The van der Waals surface area contributed by atoms with Gasteiger partial charge in [0.2, 0.25) is 0 Å². The SMILES string of the molecule is CC/C=C/[C@](CCC1CCCCN1CCN)(OC)C1CCC1CN1CC(c2ccc(Cl)cc2CCC)COc2ccc(C(=O)NS(=O)C(C)C)cc21. The molecule has 2 aromatic carbocycles. The van der Waals surface area contributed by atoms with Crippen LogP contribution < -0.4 is 20.1 Å². The maximum atomic E-state index is 13.3. The van der Waals surface area contributed by atoms with Crippen LogP contribution in [0.5, 0.6) is 5.75 Å². The van der Waals surface area contributed by atoms with Crippen LogP contribution in [-0.2, 0) is 22.1 Å². The molecule has 6 atom stereocenters. The molecular formula is C42H63ClN4O4S. The molecule has 2 aliphatic heterocycles. The van der Waals surface area contributed by atoms with Gasteiger partial charge in [-0.25, -0.2) is 4.21 Å². The fraction of sp³-hybridized carbons (Fsp3) is 0.643. The molecule has 3 aliphatic rings. The smallest absolute Gasteiger partial charge is 0.263 e. The summed E-state index contributed by atoms with van der Waals surface area (Å²) in [6.45, 7) is 13.0. The molecule has 1 saturated heterocycles. The molecule has 52 heavy (non-hydrogen) atoms. The Bertz CT molecular complexity index is 1540. The number of amides is 1. The van der Waals surface area contributed by atoms with E-state index in [2.05, 4.69) is 52.7 Å². The average Bonchev–Trinajstić information content (AvgIpc) is 3.31. The molecule has 8 nitrogen and oxygen atoms in total. The molecule has 3 N–H and O–H groups in total. The second kappa shape index (κ2) is 19.2. The number of allylic oxidation sites excluding steroid dienone is 1. The number of rotatable bonds is 17. The molecule has 2 aromatic rings. The van der Waals surface area contributed by atoms with Gasteiger partial charge in [0, 0.05) is 61.1 Å². The van der Waals surface area contributed by atoms with Crippen LogP contribution in [0.4, 0.5) is 5.69 Å². The van der Waals surface area contributed by atoms with E-state index in [-0.39, 0.29) is 22.7 Å². The van der Waals surface area contributed by atoms with Gasteiger partial charge in [0.1, 0.15) is 16.7 Å². The number of likely N-dealkylation sites (tertiary alicyclic amines) is 1. The molecule has 5 unspecified atom stereocenters. The van der Waals surface area contributed by atoms with Crippen molar-refractivity contribution in [1.82, 2.24) is 9.62 Å². The molecule has 0 bridgehead atoms. The molecule has 10 heteroatoms. The minimum atomic E-state index is -1.47. The normalized spacial score (nSPS) is 24.1. The lowest BCUT2D eigenvalue weighted by molar-refractivity contribution is -0.0844. The summed E-state index contributed by atoms with van der Waals surface area (Å²) in [5.74, 6) is 1.30. The minimum absolute atomic E-state index is 0.113. The number of carbonyl (C=O) groups excluding carboxylic acids is 1. The first-order chi connectivity index (χ1) is 25.1. The average molecular weight is 756 g/mol. The number of hydrogen-bond acceptors (Lipinski definition) is 7. The first kappa shape index (κ1) is 40.7. The predicted molar refractivity (Wildman–Crippen MR) is 216 cm³/mol. The van der Waals surface area contributed by atoms with Crippen LogP contribution >= 0.6 is 11.6 Å². The minimum Gasteiger partial charge on any atom is -0.491 e. The monoisotopic (exact) mass is 754 g/mol. The third-order valence-corrected chi connectivity index (χ3v) is 13.2. The Balaban J connectivity index is 1.46. The number of piperidine rings is 1. The number of fused-ring (bicyclic) bond motifs is 1. The Morgan fingerprint density at radius 2 is 2.00 bits per heavy atom. The molecule has 0 spiro atoms. The van der Waals surface area contributed by atoms with E-state index in [4.69, 9.17) is 26.8 Å². The second-order valence-electron chi connectivity index (χ2n) is 15.4. The maximum Gasteiger partial charge on any atom is 0.263 e. The summed E-state index contributed by atoms with van der Waals surface area (Å²) in [7, 11) is 0.437. The molecule has 0 radical (unpaired) electrons. The summed E-state index contributed by atoms with van der Waals surface area (Å²) >= 11 is 6.50. The van der Waals surface area contributed by atoms with E-state index in [1.165, 1.54) is 30.4 Å². The van der Waals surface area contributed by atoms with Crippen molar-refractivity contribution in [2.24, 2.45) is 17.6 Å². The van der Waals surface area contributed by atoms with Gasteiger partial charge in [-0.3, -0.25) is 14.4 Å². The quantitative estimate of drug-likeness (QED) is 0.158. The first-order valence-corrected chi connectivity index (χ1v) is 21.4. The molecule has 1 aliphatic carbocycles. The Labute approximate surface area is 320 Å². The zero-order valence-electron chi connectivity index (χ0n) is 32.2. The number of hydrogen-bond donors (Lipinski definition) is 2. The summed E-state index contributed by atoms with van der Waals surface area (Å²) in [5.41, 5.74) is 9.61. The fourth-order valence-electron chi connectivity index (χ4n) is 8.71. The third-order valence-electron chi connectivity index (χ3n) is 11.7. The number of halogens is 1. The van der Waals surface area contributed by atoms with E-state index >= 15 is 0 Å². The van der Waals surface area contributed by atoms with Gasteiger partial charge in [0.15, 0.2) is 0 Å². The highest BCUT2D eigenvalue weighted by molar-refractivity contribution is 7.84. The van der Waals surface area contributed by atoms with Gasteiger partial charge < -0.3 is 20.1 Å². The summed E-state index contributed by atoms with van der Waals surface area (Å²) in [5, 5.41) is 0.575. The van der Waals surface area contributed by atoms with Crippen LogP contribution in [-0.4, -0.2) is 78.3 Å². The van der Waals surface area contributed by atoms with Gasteiger partial charge in [-0.2, -0.15) is 0 Å². The number of nitrogens with two attached hydrogens (primary N) is 1. The largest absolute Gasteiger partial charge is 0.491 e. The van der Waals surface area contributed by atoms with Crippen molar-refractivity contribution in [3.63, 3.8) is 0 Å². The van der Waals surface area contributed by atoms with Gasteiger partial charge in [0.25, 0.3) is 5.91 Å². The summed E-state index contributed by atoms with van der Waals surface area (Å²) in [4.78, 5) is 18.4. The standard InChI is InChI=1S/C42H63ClN4O4S/c1-6-8-20-42(50-5,21-19-36-12-9-10-23-46(36)24-22-44)38-17-13-33(38)27-47-28-34(37-16-15-35(43)25-31(37)11-7-2)29-51-40-18-14-32(26-39(40)47)41(48)45-52(49)30(3)4/h8,14-16,18,20,25-26,30,33-34,36,38H,6-7,9-13,17,19,21-24,27-29,44H2,1-5H3,(H,45,48)/b20-8+/t33?,34?,36?,38?,42-,52?/m1/s1. The molecule has 1 saturated carbocycles. The highest BCUT2D eigenvalue weighted by Gasteiger charge is 2.47. The Morgan fingerprint density at radius 3 is 2.69 bits per heavy atom. The molecule has 2 fully saturated rings. The number of ether oxygens (including phenoxy) is 2. The zero-order valence-corrected chi connectivity index (χ0v) is 33.8. The van der Waals surface area contributed by atoms with Gasteiger partial charge >= 0.3 is 0 Å². The Kier molecular flexibility index (Phi) is 15.1. The highest BCUT2D eigenvalue weighted by atomic mass is 35.5. The van der Waals surface area contributed by atoms with Gasteiger partial charge in [-0.1, -0.05) is 56.5 Å². The second-order valence-corrected chi connectivity index (χ2v) is 17.6. The lowest BCUT2D eigenvalue weighted by Crippen LogP contribution is -2.52. The van der Waals surface area contributed by atoms with Crippen LogP contribution in [0.3, 0.4) is 0 Å². The highest BCUT2D eigenvalue weighted by Crippen LogP contribution is 2.49. The van der Waals surface area contributed by atoms with Crippen molar-refractivity contribution >= 4 is 34.2 Å². The number of nitrogens with one attached hydrogen (secondary N) is 1. The number of carbonyl (C=O) groups is 1. The van der Waals surface area contributed by atoms with E-state index in [0.717, 1.165) is 87.6 Å². The lowest BCUT2D eigenvalue weighted by Gasteiger charge is -2.50. The van der Waals surface area contributed by atoms with Crippen LogP contribution in [0.2, 0.25) is 5.02 Å². The van der Waals surface area contributed by atoms with Gasteiger partial charge in [-0.05, 0) is 125 Å². The zero-order chi connectivity index (χ0) is 37.3. The summed E-state index contributed by atoms with van der Waals surface area (Å²) in [6, 6.07) is 12.4. The number of nitrogens with zero attached hydrogens (tertiary/aromatic N) is 2. The van der Waals surface area contributed by atoms with E-state index in [9.17, 15) is 9.00 Å². The van der Waals surface area contributed by atoms with E-state index in [1.54, 1.807) is 6.07 Å². The predicted octanol–water partition coefficient (Wildman–Crippen LogP) is 8.05. The molecule has 288 valence electrons. The van der Waals surface area contributed by atoms with E-state index in [1.807, 2.05) is 39.2 Å². The number of aryl methyl sites for hydroxylation is 1. The lowest BCUT2D eigenvalue weighted by atomic mass is 9.62. The Hall–Kier alpha value is -2.43. The van der Waals surface area contributed by atoms with Gasteiger partial charge in [-0.15, -0.1) is 0 Å². The van der Waals surface area contributed by atoms with Crippen molar-refractivity contribution in [2.75, 3.05) is 51.3 Å². The molecular weight excluding hydrogens is 692 g/mol. The van der Waals surface area contributed by atoms with Crippen LogP contribution in [0.15, 0.2) is 48.6 Å². The van der Waals surface area contributed by atoms with Crippen molar-refractivity contribution in [3.8, 4) is 5.75 Å². The number of anilines is 1. The molecule has 1 amide bonds. The maximum absolute atomic E-state index is 13.3. The summed E-state index contributed by atoms with van der Waals surface area (Å²) in [6.07, 6.45) is 15.7. The van der Waals surface area contributed by atoms with Crippen molar-refractivity contribution in [1.29, 1.82) is 0 Å². The summed E-state index contributed by atoms with van der Waals surface area (Å²) < 4.78 is 28.5. The molecule has 2 heterocycles. The van der Waals surface area contributed by atoms with Crippen molar-refractivity contribution < 1.29 is 18.5 Å². The first-order valence-electron chi connectivity index (χ1n) is 19.8. The van der Waals surface area contributed by atoms with Crippen LogP contribution in [0.25, 0.3) is 0 Å². The van der Waals surface area contributed by atoms with Crippen molar-refractivity contribution in [3.05, 3.63) is 70.3 Å². The van der Waals surface area contributed by atoms with E-state index in [0.29, 0.717) is 36.6 Å². The van der Waals surface area contributed by atoms with Crippen LogP contribution in [0, 0.1) is 11.8 Å². The topological polar surface area (TPSA) is 97.1 Å². The number of methoxy groups -OCH3 is 1. The Morgan fingerprint density at radius 1 is 1.17 bits per heavy atom. The molecule has 0 aromatic heterocycles. The van der Waals surface area contributed by atoms with E-state index < -0.39 is 11.0 Å². The van der Waals surface area contributed by atoms with Gasteiger partial charge in [0.05, 0.1) is 17.9 Å².